The second-order valence-corrected chi connectivity index (χ2v) is 5.58. The molecule has 0 saturated heterocycles. The van der Waals surface area contributed by atoms with Gasteiger partial charge < -0.3 is 4.74 Å². The normalized spacial score (nSPS) is 13.1. The Morgan fingerprint density at radius 3 is 2.55 bits per heavy atom. The van der Waals surface area contributed by atoms with Crippen LogP contribution in [0.2, 0.25) is 0 Å². The molecule has 6 heteroatoms. The molecule has 2 aromatic rings. The number of benzene rings is 1. The summed E-state index contributed by atoms with van der Waals surface area (Å²) in [6, 6.07) is 8.92. The van der Waals surface area contributed by atoms with Gasteiger partial charge in [-0.2, -0.15) is 0 Å². The van der Waals surface area contributed by atoms with Crippen molar-refractivity contribution >= 4 is 34.4 Å². The summed E-state index contributed by atoms with van der Waals surface area (Å²) in [5.41, 5.74) is 1.12. The number of hydrogen-bond acceptors (Lipinski definition) is 4. The number of imide groups is 1. The van der Waals surface area contributed by atoms with Crippen LogP contribution in [0.1, 0.15) is 26.4 Å². The van der Waals surface area contributed by atoms with Crippen LogP contribution < -0.4 is 10.1 Å². The number of rotatable bonds is 2. The number of nitrogens with one attached hydrogen (secondary N) is 1. The molecule has 0 spiro atoms. The Kier molecular flexibility index (Phi) is 3.17. The third-order valence-corrected chi connectivity index (χ3v) is 3.56. The van der Waals surface area contributed by atoms with Crippen molar-refractivity contribution in [1.29, 1.82) is 0 Å². The number of hydrogen-bond donors (Lipinski definition) is 1. The van der Waals surface area contributed by atoms with Gasteiger partial charge in [0.15, 0.2) is 0 Å². The number of ether oxygens (including phenoxy) is 1. The van der Waals surface area contributed by atoms with E-state index in [0.717, 1.165) is 3.57 Å². The number of amides is 2. The van der Waals surface area contributed by atoms with E-state index < -0.39 is 11.8 Å². The van der Waals surface area contributed by atoms with Gasteiger partial charge in [0.1, 0.15) is 11.3 Å². The van der Waals surface area contributed by atoms with Crippen molar-refractivity contribution in [2.24, 2.45) is 0 Å². The first-order valence-electron chi connectivity index (χ1n) is 5.85. The fourth-order valence-corrected chi connectivity index (χ4v) is 2.32. The zero-order valence-corrected chi connectivity index (χ0v) is 12.6. The average Bonchev–Trinajstić information content (AvgIpc) is 2.67. The van der Waals surface area contributed by atoms with Crippen molar-refractivity contribution in [2.75, 3.05) is 0 Å². The van der Waals surface area contributed by atoms with Gasteiger partial charge >= 0.3 is 0 Å². The Hall–Kier alpha value is -1.96. The van der Waals surface area contributed by atoms with Gasteiger partial charge in [-0.3, -0.25) is 14.9 Å². The molecule has 2 heterocycles. The monoisotopic (exact) mass is 380 g/mol. The van der Waals surface area contributed by atoms with Gasteiger partial charge in [-0.1, -0.05) is 0 Å². The summed E-state index contributed by atoms with van der Waals surface area (Å²) >= 11 is 2.19. The summed E-state index contributed by atoms with van der Waals surface area (Å²) in [6.07, 6.45) is 0. The molecule has 1 N–H and O–H groups in total. The Bertz CT molecular complexity index is 726. The van der Waals surface area contributed by atoms with Gasteiger partial charge in [0, 0.05) is 9.26 Å². The van der Waals surface area contributed by atoms with E-state index in [1.807, 2.05) is 12.1 Å². The lowest BCUT2D eigenvalue weighted by Crippen LogP contribution is -2.20. The van der Waals surface area contributed by atoms with Crippen molar-refractivity contribution in [1.82, 2.24) is 10.3 Å². The minimum atomic E-state index is -0.474. The van der Waals surface area contributed by atoms with Crippen molar-refractivity contribution in [3.63, 3.8) is 0 Å². The molecule has 0 saturated carbocycles. The molecule has 0 unspecified atom stereocenters. The minimum Gasteiger partial charge on any atom is -0.438 e. The van der Waals surface area contributed by atoms with E-state index in [2.05, 4.69) is 32.9 Å². The van der Waals surface area contributed by atoms with Crippen molar-refractivity contribution in [3.05, 3.63) is 50.7 Å². The zero-order chi connectivity index (χ0) is 14.3. The fraction of sp³-hybridized carbons (Fsp3) is 0.0714. The molecule has 1 aromatic carbocycles. The van der Waals surface area contributed by atoms with Crippen LogP contribution in [0.25, 0.3) is 0 Å². The molecular formula is C14H9IN2O3. The molecule has 0 bridgehead atoms. The smallest absolute Gasteiger partial charge is 0.264 e. The maximum Gasteiger partial charge on any atom is 0.264 e. The lowest BCUT2D eigenvalue weighted by molar-refractivity contribution is 0.0879. The second kappa shape index (κ2) is 4.86. The lowest BCUT2D eigenvalue weighted by atomic mass is 10.1. The van der Waals surface area contributed by atoms with Crippen LogP contribution >= 0.6 is 22.6 Å². The molecule has 0 atom stereocenters. The number of fused-ring (bicyclic) bond motifs is 1. The van der Waals surface area contributed by atoms with Gasteiger partial charge in [-0.15, -0.1) is 0 Å². The van der Waals surface area contributed by atoms with Crippen molar-refractivity contribution in [3.8, 4) is 11.6 Å². The number of halogens is 1. The lowest BCUT2D eigenvalue weighted by Gasteiger charge is -2.08. The maximum absolute atomic E-state index is 11.8. The average molecular weight is 380 g/mol. The highest BCUT2D eigenvalue weighted by molar-refractivity contribution is 14.1. The Balaban J connectivity index is 2.06. The molecule has 1 aromatic heterocycles. The summed E-state index contributed by atoms with van der Waals surface area (Å²) in [6.45, 7) is 1.75. The van der Waals surface area contributed by atoms with Crippen LogP contribution in [-0.4, -0.2) is 16.8 Å². The molecule has 20 heavy (non-hydrogen) atoms. The van der Waals surface area contributed by atoms with Crippen LogP contribution in [0.4, 0.5) is 0 Å². The van der Waals surface area contributed by atoms with E-state index in [1.165, 1.54) is 0 Å². The molecular weight excluding hydrogens is 371 g/mol. The van der Waals surface area contributed by atoms with Crippen LogP contribution in [0.5, 0.6) is 11.6 Å². The van der Waals surface area contributed by atoms with E-state index in [4.69, 9.17) is 4.74 Å². The van der Waals surface area contributed by atoms with Gasteiger partial charge in [0.05, 0.1) is 5.56 Å². The zero-order valence-electron chi connectivity index (χ0n) is 10.4. The topological polar surface area (TPSA) is 68.3 Å². The third kappa shape index (κ3) is 2.26. The summed E-state index contributed by atoms with van der Waals surface area (Å²) in [5, 5.41) is 2.25. The van der Waals surface area contributed by atoms with E-state index in [1.54, 1.807) is 25.1 Å². The first kappa shape index (κ1) is 13.0. The molecule has 1 aliphatic rings. The highest BCUT2D eigenvalue weighted by atomic mass is 127. The van der Waals surface area contributed by atoms with Gasteiger partial charge in [-0.25, -0.2) is 4.98 Å². The van der Waals surface area contributed by atoms with Gasteiger partial charge in [-0.05, 0) is 59.8 Å². The predicted octanol–water partition coefficient (Wildman–Crippen LogP) is 2.67. The van der Waals surface area contributed by atoms with Crippen LogP contribution in [0, 0.1) is 10.5 Å². The number of aryl methyl sites for hydroxylation is 1. The highest BCUT2D eigenvalue weighted by Gasteiger charge is 2.32. The van der Waals surface area contributed by atoms with Crippen LogP contribution in [0.3, 0.4) is 0 Å². The summed E-state index contributed by atoms with van der Waals surface area (Å²) in [7, 11) is 0. The first-order valence-corrected chi connectivity index (χ1v) is 6.93. The summed E-state index contributed by atoms with van der Waals surface area (Å²) in [5.74, 6) is -0.164. The predicted molar refractivity (Wildman–Crippen MR) is 80.0 cm³/mol. The SMILES string of the molecule is Cc1cc2c(c(Oc3ccc(I)cc3)n1)C(=O)NC2=O. The van der Waals surface area contributed by atoms with E-state index in [-0.39, 0.29) is 11.4 Å². The molecule has 0 fully saturated rings. The third-order valence-electron chi connectivity index (χ3n) is 2.84. The summed E-state index contributed by atoms with van der Waals surface area (Å²) in [4.78, 5) is 27.7. The second-order valence-electron chi connectivity index (χ2n) is 4.33. The number of aromatic nitrogens is 1. The van der Waals surface area contributed by atoms with Crippen LogP contribution in [-0.2, 0) is 0 Å². The fourth-order valence-electron chi connectivity index (χ4n) is 1.96. The van der Waals surface area contributed by atoms with Crippen molar-refractivity contribution in [2.45, 2.75) is 6.92 Å². The van der Waals surface area contributed by atoms with Crippen molar-refractivity contribution < 1.29 is 14.3 Å². The number of carbonyl (C=O) groups is 2. The largest absolute Gasteiger partial charge is 0.438 e. The van der Waals surface area contributed by atoms with Crippen LogP contribution in [0.15, 0.2) is 30.3 Å². The Labute approximate surface area is 128 Å². The summed E-state index contributed by atoms with van der Waals surface area (Å²) < 4.78 is 6.72. The molecule has 0 radical (unpaired) electrons. The van der Waals surface area contributed by atoms with Gasteiger partial charge in [0.2, 0.25) is 5.88 Å². The molecule has 5 nitrogen and oxygen atoms in total. The maximum atomic E-state index is 11.8. The molecule has 0 aliphatic carbocycles. The molecule has 1 aliphatic heterocycles. The van der Waals surface area contributed by atoms with E-state index >= 15 is 0 Å². The first-order chi connectivity index (χ1) is 9.54. The number of carbonyl (C=O) groups excluding carboxylic acids is 2. The highest BCUT2D eigenvalue weighted by Crippen LogP contribution is 2.29. The van der Waals surface area contributed by atoms with E-state index in [9.17, 15) is 9.59 Å². The van der Waals surface area contributed by atoms with Gasteiger partial charge in [0.25, 0.3) is 11.8 Å². The number of pyridine rings is 1. The molecule has 2 amide bonds. The Morgan fingerprint density at radius 1 is 1.15 bits per heavy atom. The molecule has 100 valence electrons. The quantitative estimate of drug-likeness (QED) is 0.643. The number of nitrogens with zero attached hydrogens (tertiary/aromatic N) is 1. The minimum absolute atomic E-state index is 0.157. The standard InChI is InChI=1S/C14H9IN2O3/c1-7-6-10-11(13(19)17-12(10)18)14(16-7)20-9-4-2-8(15)3-5-9/h2-6H,1H3,(H,17,18,19). The molecule has 3 rings (SSSR count). The Morgan fingerprint density at radius 2 is 1.85 bits per heavy atom. The van der Waals surface area contributed by atoms with E-state index in [0.29, 0.717) is 17.0 Å².